The zero-order chi connectivity index (χ0) is 14.0. The fourth-order valence-corrected chi connectivity index (χ4v) is 2.24. The molecule has 0 aliphatic rings. The van der Waals surface area contributed by atoms with Gasteiger partial charge in [-0.05, 0) is 42.8 Å². The molecule has 0 bridgehead atoms. The molecule has 0 aliphatic heterocycles. The summed E-state index contributed by atoms with van der Waals surface area (Å²) in [5.41, 5.74) is 8.37. The van der Waals surface area contributed by atoms with Gasteiger partial charge in [-0.15, -0.1) is 0 Å². The Kier molecular flexibility index (Phi) is 4.12. The van der Waals surface area contributed by atoms with E-state index in [-0.39, 0.29) is 5.91 Å². The van der Waals surface area contributed by atoms with Gasteiger partial charge in [0.25, 0.3) is 5.91 Å². The molecule has 0 atom stereocenters. The van der Waals surface area contributed by atoms with Crippen molar-refractivity contribution in [2.24, 2.45) is 0 Å². The van der Waals surface area contributed by atoms with Crippen LogP contribution in [0.3, 0.4) is 0 Å². The zero-order valence-corrected chi connectivity index (χ0v) is 12.5. The first-order valence-electron chi connectivity index (χ1n) is 5.59. The van der Waals surface area contributed by atoms with Crippen LogP contribution in [0.5, 0.6) is 0 Å². The van der Waals surface area contributed by atoms with Gasteiger partial charge < -0.3 is 11.1 Å². The lowest BCUT2D eigenvalue weighted by Gasteiger charge is -2.08. The van der Waals surface area contributed by atoms with E-state index in [2.05, 4.69) is 21.2 Å². The minimum Gasteiger partial charge on any atom is -0.399 e. The molecule has 0 aromatic heterocycles. The van der Waals surface area contributed by atoms with Crippen molar-refractivity contribution in [3.63, 3.8) is 0 Å². The highest BCUT2D eigenvalue weighted by atomic mass is 79.9. The van der Waals surface area contributed by atoms with Crippen molar-refractivity contribution < 1.29 is 4.79 Å². The molecule has 19 heavy (non-hydrogen) atoms. The van der Waals surface area contributed by atoms with Crippen LogP contribution < -0.4 is 11.1 Å². The van der Waals surface area contributed by atoms with Gasteiger partial charge in [0.1, 0.15) is 0 Å². The molecule has 0 fully saturated rings. The second kappa shape index (κ2) is 5.63. The van der Waals surface area contributed by atoms with Gasteiger partial charge in [-0.2, -0.15) is 0 Å². The summed E-state index contributed by atoms with van der Waals surface area (Å²) < 4.78 is 0.941. The zero-order valence-electron chi connectivity index (χ0n) is 10.2. The third-order valence-electron chi connectivity index (χ3n) is 2.61. The van der Waals surface area contributed by atoms with Crippen molar-refractivity contribution in [3.8, 4) is 0 Å². The molecular weight excluding hydrogens is 328 g/mol. The van der Waals surface area contributed by atoms with E-state index in [0.29, 0.717) is 22.0 Å². The molecule has 0 heterocycles. The highest BCUT2D eigenvalue weighted by Gasteiger charge is 2.08. The van der Waals surface area contributed by atoms with Crippen molar-refractivity contribution >= 4 is 44.8 Å². The van der Waals surface area contributed by atoms with E-state index in [0.717, 1.165) is 10.0 Å². The number of halogens is 2. The average molecular weight is 340 g/mol. The number of benzene rings is 2. The number of carbonyl (C=O) groups is 1. The van der Waals surface area contributed by atoms with Crippen LogP contribution in [0.1, 0.15) is 15.9 Å². The number of amides is 1. The molecule has 5 heteroatoms. The highest BCUT2D eigenvalue weighted by molar-refractivity contribution is 9.10. The number of aryl methyl sites for hydroxylation is 1. The van der Waals surface area contributed by atoms with Gasteiger partial charge >= 0.3 is 0 Å². The lowest BCUT2D eigenvalue weighted by Crippen LogP contribution is -2.12. The van der Waals surface area contributed by atoms with E-state index in [1.165, 1.54) is 0 Å². The maximum Gasteiger partial charge on any atom is 0.255 e. The molecule has 1 amide bonds. The summed E-state index contributed by atoms with van der Waals surface area (Å²) in [4.78, 5) is 12.1. The molecule has 2 rings (SSSR count). The predicted octanol–water partition coefficient (Wildman–Crippen LogP) is 4.25. The van der Waals surface area contributed by atoms with Crippen LogP contribution in [-0.2, 0) is 0 Å². The average Bonchev–Trinajstić information content (AvgIpc) is 2.32. The monoisotopic (exact) mass is 338 g/mol. The lowest BCUT2D eigenvalue weighted by atomic mass is 10.1. The van der Waals surface area contributed by atoms with E-state index in [1.807, 2.05) is 25.1 Å². The van der Waals surface area contributed by atoms with Crippen molar-refractivity contribution in [1.29, 1.82) is 0 Å². The first-order chi connectivity index (χ1) is 8.95. The van der Waals surface area contributed by atoms with Crippen LogP contribution in [0, 0.1) is 6.92 Å². The Morgan fingerprint density at radius 2 is 2.00 bits per heavy atom. The van der Waals surface area contributed by atoms with Crippen LogP contribution in [0.2, 0.25) is 5.02 Å². The van der Waals surface area contributed by atoms with E-state index in [9.17, 15) is 4.79 Å². The third kappa shape index (κ3) is 3.49. The number of hydrogen-bond acceptors (Lipinski definition) is 2. The molecule has 0 saturated carbocycles. The van der Waals surface area contributed by atoms with Crippen LogP contribution >= 0.6 is 27.5 Å². The molecule has 0 radical (unpaired) electrons. The topological polar surface area (TPSA) is 55.1 Å². The Morgan fingerprint density at radius 3 is 2.63 bits per heavy atom. The van der Waals surface area contributed by atoms with Crippen LogP contribution in [0.15, 0.2) is 40.9 Å². The van der Waals surface area contributed by atoms with Crippen LogP contribution in [0.4, 0.5) is 11.4 Å². The van der Waals surface area contributed by atoms with Gasteiger partial charge in [0, 0.05) is 26.4 Å². The van der Waals surface area contributed by atoms with Gasteiger partial charge in [-0.3, -0.25) is 4.79 Å². The Balaban J connectivity index is 2.22. The molecule has 98 valence electrons. The van der Waals surface area contributed by atoms with E-state index < -0.39 is 0 Å². The maximum absolute atomic E-state index is 12.1. The first-order valence-corrected chi connectivity index (χ1v) is 6.76. The standard InChI is InChI=1S/C14H12BrClN2O/c1-8-2-3-12(7-13(8)15)18-14(19)9-4-10(16)6-11(17)5-9/h2-7H,17H2,1H3,(H,18,19). The molecule has 2 aromatic carbocycles. The summed E-state index contributed by atoms with van der Waals surface area (Å²) in [6.07, 6.45) is 0. The highest BCUT2D eigenvalue weighted by Crippen LogP contribution is 2.22. The lowest BCUT2D eigenvalue weighted by molar-refractivity contribution is 0.102. The van der Waals surface area contributed by atoms with E-state index in [4.69, 9.17) is 17.3 Å². The molecule has 2 aromatic rings. The molecule has 0 saturated heterocycles. The second-order valence-electron chi connectivity index (χ2n) is 4.19. The van der Waals surface area contributed by atoms with Gasteiger partial charge in [-0.1, -0.05) is 33.6 Å². The summed E-state index contributed by atoms with van der Waals surface area (Å²) in [6, 6.07) is 10.4. The Bertz CT molecular complexity index is 623. The first kappa shape index (κ1) is 13.9. The van der Waals surface area contributed by atoms with Gasteiger partial charge in [0.05, 0.1) is 0 Å². The van der Waals surface area contributed by atoms with Crippen molar-refractivity contribution in [2.45, 2.75) is 6.92 Å². The Morgan fingerprint density at radius 1 is 1.26 bits per heavy atom. The Hall–Kier alpha value is -1.52. The van der Waals surface area contributed by atoms with E-state index in [1.54, 1.807) is 18.2 Å². The largest absolute Gasteiger partial charge is 0.399 e. The second-order valence-corrected chi connectivity index (χ2v) is 5.48. The maximum atomic E-state index is 12.1. The number of nitrogens with two attached hydrogens (primary N) is 1. The van der Waals surface area contributed by atoms with Crippen molar-refractivity contribution in [3.05, 3.63) is 57.0 Å². The van der Waals surface area contributed by atoms with Crippen LogP contribution in [-0.4, -0.2) is 5.91 Å². The van der Waals surface area contributed by atoms with Crippen molar-refractivity contribution in [2.75, 3.05) is 11.1 Å². The fourth-order valence-electron chi connectivity index (χ4n) is 1.62. The summed E-state index contributed by atoms with van der Waals surface area (Å²) in [5, 5.41) is 3.24. The number of carbonyl (C=O) groups excluding carboxylic acids is 1. The molecule has 0 aliphatic carbocycles. The molecule has 3 N–H and O–H groups in total. The minimum absolute atomic E-state index is 0.245. The third-order valence-corrected chi connectivity index (χ3v) is 3.68. The number of nitrogens with one attached hydrogen (secondary N) is 1. The minimum atomic E-state index is -0.245. The molecular formula is C14H12BrClN2O. The quantitative estimate of drug-likeness (QED) is 0.804. The molecule has 0 spiro atoms. The number of anilines is 2. The van der Waals surface area contributed by atoms with Crippen LogP contribution in [0.25, 0.3) is 0 Å². The number of nitrogen functional groups attached to an aromatic ring is 1. The van der Waals surface area contributed by atoms with Crippen molar-refractivity contribution in [1.82, 2.24) is 0 Å². The SMILES string of the molecule is Cc1ccc(NC(=O)c2cc(N)cc(Cl)c2)cc1Br. The molecule has 0 unspecified atom stereocenters. The summed E-state index contributed by atoms with van der Waals surface area (Å²) in [6.45, 7) is 1.98. The Labute approximate surface area is 124 Å². The fraction of sp³-hybridized carbons (Fsp3) is 0.0714. The number of hydrogen-bond donors (Lipinski definition) is 2. The molecule has 3 nitrogen and oxygen atoms in total. The summed E-state index contributed by atoms with van der Waals surface area (Å²) in [5.74, 6) is -0.245. The van der Waals surface area contributed by atoms with Gasteiger partial charge in [0.15, 0.2) is 0 Å². The van der Waals surface area contributed by atoms with E-state index >= 15 is 0 Å². The predicted molar refractivity (Wildman–Crippen MR) is 82.7 cm³/mol. The smallest absolute Gasteiger partial charge is 0.255 e. The van der Waals surface area contributed by atoms with Gasteiger partial charge in [0.2, 0.25) is 0 Å². The summed E-state index contributed by atoms with van der Waals surface area (Å²) >= 11 is 9.30. The number of rotatable bonds is 2. The van der Waals surface area contributed by atoms with Gasteiger partial charge in [-0.25, -0.2) is 0 Å². The summed E-state index contributed by atoms with van der Waals surface area (Å²) in [7, 11) is 0. The normalized spacial score (nSPS) is 10.3.